The number of carbonyl (C=O) groups excluding carboxylic acids is 1. The second-order valence-corrected chi connectivity index (χ2v) is 8.97. The third-order valence-electron chi connectivity index (χ3n) is 6.20. The molecule has 0 N–H and O–H groups in total. The van der Waals surface area contributed by atoms with Gasteiger partial charge in [-0.25, -0.2) is 4.79 Å². The molecule has 0 aromatic carbocycles. The summed E-state index contributed by atoms with van der Waals surface area (Å²) in [5, 5.41) is 0.787. The Kier molecular flexibility index (Phi) is 7.57. The van der Waals surface area contributed by atoms with Crippen LogP contribution in [0.4, 0.5) is 0 Å². The average molecular weight is 407 g/mol. The summed E-state index contributed by atoms with van der Waals surface area (Å²) in [6, 6.07) is 0. The minimum absolute atomic E-state index is 0.158. The molecule has 3 rings (SSSR count). The normalized spacial score (nSPS) is 17.4. The first kappa shape index (κ1) is 21.4. The number of aromatic nitrogens is 2. The highest BCUT2D eigenvalue weighted by molar-refractivity contribution is 7.99. The Morgan fingerprint density at radius 2 is 1.93 bits per heavy atom. The smallest absolute Gasteiger partial charge is 0.342 e. The van der Waals surface area contributed by atoms with Crippen LogP contribution >= 0.6 is 11.8 Å². The molecule has 0 bridgehead atoms. The summed E-state index contributed by atoms with van der Waals surface area (Å²) < 4.78 is 1.87. The predicted octanol–water partition coefficient (Wildman–Crippen LogP) is 2.42. The number of thioether (sulfide) groups is 1. The van der Waals surface area contributed by atoms with E-state index in [1.165, 1.54) is 17.3 Å². The van der Waals surface area contributed by atoms with E-state index in [-0.39, 0.29) is 11.6 Å². The van der Waals surface area contributed by atoms with Crippen LogP contribution in [-0.2, 0) is 24.2 Å². The lowest BCUT2D eigenvalue weighted by Crippen LogP contribution is -2.39. The van der Waals surface area contributed by atoms with E-state index in [4.69, 9.17) is 0 Å². The Labute approximate surface area is 172 Å². The first-order valence-corrected chi connectivity index (χ1v) is 11.8. The number of carbonyl (C=O) groups is 1. The molecule has 0 radical (unpaired) electrons. The maximum absolute atomic E-state index is 12.7. The van der Waals surface area contributed by atoms with Gasteiger partial charge in [-0.15, -0.1) is 0 Å². The van der Waals surface area contributed by atoms with Gasteiger partial charge >= 0.3 is 5.69 Å². The fourth-order valence-electron chi connectivity index (χ4n) is 4.20. The van der Waals surface area contributed by atoms with Crippen molar-refractivity contribution in [2.75, 3.05) is 38.5 Å². The fourth-order valence-corrected chi connectivity index (χ4v) is 5.18. The molecule has 1 saturated heterocycles. The lowest BCUT2D eigenvalue weighted by Gasteiger charge is -2.30. The topological polar surface area (TPSA) is 58.4 Å². The van der Waals surface area contributed by atoms with Crippen molar-refractivity contribution in [1.29, 1.82) is 0 Å². The van der Waals surface area contributed by atoms with Crippen molar-refractivity contribution in [2.45, 2.75) is 64.4 Å². The van der Waals surface area contributed by atoms with Crippen molar-refractivity contribution in [2.24, 2.45) is 5.92 Å². The molecule has 2 heterocycles. The molecule has 1 aliphatic heterocycles. The zero-order valence-corrected chi connectivity index (χ0v) is 18.4. The van der Waals surface area contributed by atoms with E-state index in [2.05, 4.69) is 30.7 Å². The predicted molar refractivity (Wildman–Crippen MR) is 114 cm³/mol. The molecular weight excluding hydrogens is 372 g/mol. The maximum Gasteiger partial charge on any atom is 0.348 e. The molecule has 1 amide bonds. The molecule has 0 saturated carbocycles. The van der Waals surface area contributed by atoms with Crippen LogP contribution in [-0.4, -0.2) is 63.7 Å². The van der Waals surface area contributed by atoms with Gasteiger partial charge in [0.15, 0.2) is 0 Å². The Morgan fingerprint density at radius 1 is 1.21 bits per heavy atom. The quantitative estimate of drug-likeness (QED) is 0.490. The van der Waals surface area contributed by atoms with Crippen molar-refractivity contribution in [3.8, 4) is 0 Å². The van der Waals surface area contributed by atoms with E-state index >= 15 is 0 Å². The van der Waals surface area contributed by atoms with Gasteiger partial charge in [0, 0.05) is 37.4 Å². The first-order chi connectivity index (χ1) is 13.5. The molecule has 1 aliphatic carbocycles. The van der Waals surface area contributed by atoms with E-state index < -0.39 is 0 Å². The Morgan fingerprint density at radius 3 is 2.61 bits per heavy atom. The summed E-state index contributed by atoms with van der Waals surface area (Å²) >= 11 is 1.46. The van der Waals surface area contributed by atoms with E-state index in [1.807, 2.05) is 9.47 Å². The Balaban J connectivity index is 1.67. The summed E-state index contributed by atoms with van der Waals surface area (Å²) in [5.74, 6) is 1.28. The summed E-state index contributed by atoms with van der Waals surface area (Å²) in [4.78, 5) is 33.9. The monoisotopic (exact) mass is 406 g/mol. The second-order valence-electron chi connectivity index (χ2n) is 8.01. The van der Waals surface area contributed by atoms with Crippen molar-refractivity contribution in [1.82, 2.24) is 19.4 Å². The zero-order chi connectivity index (χ0) is 20.1. The lowest BCUT2D eigenvalue weighted by molar-refractivity contribution is -0.129. The molecule has 0 spiro atoms. The standard InChI is InChI=1S/C21H34N4O2S/c1-4-23(5-2)13-14-25-18-8-6-7-17(18)20(22-21(25)27)28-15-19(26)24-11-9-16(3)10-12-24/h16H,4-15H2,1-3H3. The van der Waals surface area contributed by atoms with Crippen LogP contribution in [0, 0.1) is 5.92 Å². The number of likely N-dealkylation sites (tertiary alicyclic amines) is 1. The van der Waals surface area contributed by atoms with Crippen LogP contribution in [0.5, 0.6) is 0 Å². The fraction of sp³-hybridized carbons (Fsp3) is 0.762. The highest BCUT2D eigenvalue weighted by Crippen LogP contribution is 2.29. The molecule has 7 heteroatoms. The minimum Gasteiger partial charge on any atom is -0.342 e. The Bertz CT molecular complexity index is 737. The van der Waals surface area contributed by atoms with Crippen LogP contribution in [0.1, 0.15) is 51.3 Å². The number of fused-ring (bicyclic) bond motifs is 1. The van der Waals surface area contributed by atoms with Crippen molar-refractivity contribution in [3.05, 3.63) is 21.7 Å². The van der Waals surface area contributed by atoms with Gasteiger partial charge < -0.3 is 9.80 Å². The van der Waals surface area contributed by atoms with Gasteiger partial charge in [-0.1, -0.05) is 32.5 Å². The number of rotatable bonds is 8. The van der Waals surface area contributed by atoms with Crippen molar-refractivity contribution in [3.63, 3.8) is 0 Å². The number of hydrogen-bond donors (Lipinski definition) is 0. The highest BCUT2D eigenvalue weighted by atomic mass is 32.2. The molecule has 28 heavy (non-hydrogen) atoms. The maximum atomic E-state index is 12.7. The van der Waals surface area contributed by atoms with Crippen LogP contribution in [0.2, 0.25) is 0 Å². The molecule has 1 fully saturated rings. The second kappa shape index (κ2) is 9.92. The van der Waals surface area contributed by atoms with Gasteiger partial charge in [0.25, 0.3) is 0 Å². The van der Waals surface area contributed by atoms with Crippen LogP contribution in [0.15, 0.2) is 9.82 Å². The van der Waals surface area contributed by atoms with Crippen LogP contribution in [0.25, 0.3) is 0 Å². The summed E-state index contributed by atoms with van der Waals surface area (Å²) in [7, 11) is 0. The molecule has 0 unspecified atom stereocenters. The molecule has 6 nitrogen and oxygen atoms in total. The van der Waals surface area contributed by atoms with Gasteiger partial charge in [0.1, 0.15) is 5.03 Å². The number of hydrogen-bond acceptors (Lipinski definition) is 5. The highest BCUT2D eigenvalue weighted by Gasteiger charge is 2.24. The number of amides is 1. The van der Waals surface area contributed by atoms with Crippen LogP contribution < -0.4 is 5.69 Å². The molecule has 1 aromatic heterocycles. The number of nitrogens with zero attached hydrogens (tertiary/aromatic N) is 4. The zero-order valence-electron chi connectivity index (χ0n) is 17.6. The summed E-state index contributed by atoms with van der Waals surface area (Å²) in [6.45, 7) is 11.8. The van der Waals surface area contributed by atoms with Crippen molar-refractivity contribution < 1.29 is 4.79 Å². The largest absolute Gasteiger partial charge is 0.348 e. The number of likely N-dealkylation sites (N-methyl/N-ethyl adjacent to an activating group) is 1. The minimum atomic E-state index is -0.158. The average Bonchev–Trinajstić information content (AvgIpc) is 3.18. The molecule has 0 atom stereocenters. The van der Waals surface area contributed by atoms with Crippen molar-refractivity contribution >= 4 is 17.7 Å². The van der Waals surface area contributed by atoms with E-state index in [0.29, 0.717) is 18.2 Å². The summed E-state index contributed by atoms with van der Waals surface area (Å²) in [6.07, 6.45) is 5.15. The van der Waals surface area contributed by atoms with Gasteiger partial charge in [-0.2, -0.15) is 4.98 Å². The first-order valence-electron chi connectivity index (χ1n) is 10.8. The van der Waals surface area contributed by atoms with Gasteiger partial charge in [-0.3, -0.25) is 9.36 Å². The van der Waals surface area contributed by atoms with Gasteiger partial charge in [0.2, 0.25) is 5.91 Å². The van der Waals surface area contributed by atoms with E-state index in [1.54, 1.807) is 0 Å². The third kappa shape index (κ3) is 4.98. The van der Waals surface area contributed by atoms with Crippen LogP contribution in [0.3, 0.4) is 0 Å². The Hall–Kier alpha value is -1.34. The van der Waals surface area contributed by atoms with E-state index in [9.17, 15) is 9.59 Å². The van der Waals surface area contributed by atoms with Gasteiger partial charge in [0.05, 0.1) is 5.75 Å². The van der Waals surface area contributed by atoms with Gasteiger partial charge in [-0.05, 0) is 51.1 Å². The lowest BCUT2D eigenvalue weighted by atomic mass is 9.99. The molecule has 2 aliphatic rings. The molecule has 156 valence electrons. The number of piperidine rings is 1. The summed E-state index contributed by atoms with van der Waals surface area (Å²) in [5.41, 5.74) is 2.19. The molecule has 1 aromatic rings. The third-order valence-corrected chi connectivity index (χ3v) is 7.21. The van der Waals surface area contributed by atoms with E-state index in [0.717, 1.165) is 75.5 Å². The molecular formula is C21H34N4O2S. The SMILES string of the molecule is CCN(CC)CCn1c2c(c(SCC(=O)N3CCC(C)CC3)nc1=O)CCC2.